The number of aliphatic carboxylic acids is 1. The molecule has 78 valence electrons. The third-order valence-electron chi connectivity index (χ3n) is 1.52. The molecule has 4 heteroatoms. The summed E-state index contributed by atoms with van der Waals surface area (Å²) in [6.45, 7) is 0. The molecule has 0 fully saturated rings. The summed E-state index contributed by atoms with van der Waals surface area (Å²) in [5.74, 6) is -1.36. The van der Waals surface area contributed by atoms with Crippen LogP contribution in [0.4, 0.5) is 4.39 Å². The number of halogens is 2. The van der Waals surface area contributed by atoms with Crippen molar-refractivity contribution in [3.8, 4) is 0 Å². The van der Waals surface area contributed by atoms with E-state index in [4.69, 9.17) is 5.11 Å². The van der Waals surface area contributed by atoms with E-state index in [2.05, 4.69) is 15.9 Å². The first-order chi connectivity index (χ1) is 7.08. The Bertz CT molecular complexity index is 404. The first kappa shape index (κ1) is 11.7. The van der Waals surface area contributed by atoms with Crippen molar-refractivity contribution in [3.63, 3.8) is 0 Å². The fourth-order valence-corrected chi connectivity index (χ4v) is 1.46. The van der Waals surface area contributed by atoms with Gasteiger partial charge in [-0.1, -0.05) is 34.2 Å². The maximum Gasteiger partial charge on any atom is 0.328 e. The lowest BCUT2D eigenvalue weighted by Crippen LogP contribution is -1.84. The SMILES string of the molecule is O=C(O)/C=C/C=C/c1cc(F)cc(Br)c1. The zero-order valence-electron chi connectivity index (χ0n) is 7.65. The molecule has 1 rings (SSSR count). The summed E-state index contributed by atoms with van der Waals surface area (Å²) in [6.07, 6.45) is 5.54. The molecule has 0 unspecified atom stereocenters. The number of carboxylic acids is 1. The second-order valence-corrected chi connectivity index (χ2v) is 3.67. The van der Waals surface area contributed by atoms with Crippen LogP contribution < -0.4 is 0 Å². The highest BCUT2D eigenvalue weighted by Gasteiger charge is 1.94. The van der Waals surface area contributed by atoms with Crippen LogP contribution in [0.2, 0.25) is 0 Å². The molecule has 0 amide bonds. The second-order valence-electron chi connectivity index (χ2n) is 2.76. The Kier molecular flexibility index (Phi) is 4.24. The quantitative estimate of drug-likeness (QED) is 0.676. The van der Waals surface area contributed by atoms with Gasteiger partial charge in [0.05, 0.1) is 0 Å². The zero-order valence-corrected chi connectivity index (χ0v) is 9.24. The molecule has 0 radical (unpaired) electrons. The first-order valence-corrected chi connectivity index (χ1v) is 4.91. The van der Waals surface area contributed by atoms with E-state index in [1.807, 2.05) is 0 Å². The lowest BCUT2D eigenvalue weighted by Gasteiger charge is -1.95. The number of hydrogen-bond donors (Lipinski definition) is 1. The predicted molar refractivity (Wildman–Crippen MR) is 59.9 cm³/mol. The van der Waals surface area contributed by atoms with Crippen LogP contribution in [0, 0.1) is 5.82 Å². The Morgan fingerprint density at radius 2 is 2.07 bits per heavy atom. The average Bonchev–Trinajstić information content (AvgIpc) is 2.10. The van der Waals surface area contributed by atoms with Gasteiger partial charge in [-0.05, 0) is 23.8 Å². The normalized spacial score (nSPS) is 11.3. The van der Waals surface area contributed by atoms with E-state index in [1.165, 1.54) is 24.3 Å². The summed E-state index contributed by atoms with van der Waals surface area (Å²) >= 11 is 3.16. The van der Waals surface area contributed by atoms with E-state index >= 15 is 0 Å². The maximum absolute atomic E-state index is 12.9. The van der Waals surface area contributed by atoms with Crippen LogP contribution in [0.15, 0.2) is 40.9 Å². The van der Waals surface area contributed by atoms with Gasteiger partial charge in [-0.3, -0.25) is 0 Å². The van der Waals surface area contributed by atoms with Gasteiger partial charge in [0.15, 0.2) is 0 Å². The molecule has 0 bridgehead atoms. The molecule has 2 nitrogen and oxygen atoms in total. The van der Waals surface area contributed by atoms with E-state index < -0.39 is 5.97 Å². The van der Waals surface area contributed by atoms with Crippen LogP contribution in [0.5, 0.6) is 0 Å². The Hall–Kier alpha value is -1.42. The number of carbonyl (C=O) groups is 1. The van der Waals surface area contributed by atoms with Crippen molar-refractivity contribution in [2.24, 2.45) is 0 Å². The third-order valence-corrected chi connectivity index (χ3v) is 1.98. The Balaban J connectivity index is 2.76. The molecule has 1 aromatic rings. The molecule has 0 aromatic heterocycles. The monoisotopic (exact) mass is 270 g/mol. The fourth-order valence-electron chi connectivity index (χ4n) is 0.976. The van der Waals surface area contributed by atoms with Crippen LogP contribution >= 0.6 is 15.9 Å². The van der Waals surface area contributed by atoms with Crippen molar-refractivity contribution in [3.05, 3.63) is 52.3 Å². The highest BCUT2D eigenvalue weighted by Crippen LogP contribution is 2.15. The van der Waals surface area contributed by atoms with Crippen LogP contribution in [0.3, 0.4) is 0 Å². The van der Waals surface area contributed by atoms with Crippen LogP contribution in [0.25, 0.3) is 6.08 Å². The van der Waals surface area contributed by atoms with Crippen molar-refractivity contribution >= 4 is 28.0 Å². The van der Waals surface area contributed by atoms with Gasteiger partial charge in [0, 0.05) is 10.5 Å². The summed E-state index contributed by atoms with van der Waals surface area (Å²) < 4.78 is 13.5. The summed E-state index contributed by atoms with van der Waals surface area (Å²) in [4.78, 5) is 10.1. The molecule has 0 saturated carbocycles. The standard InChI is InChI=1S/C11H8BrFO2/c12-9-5-8(6-10(13)7-9)3-1-2-4-11(14)15/h1-7H,(H,14,15)/b3-1+,4-2+. The van der Waals surface area contributed by atoms with Gasteiger partial charge in [0.1, 0.15) is 5.82 Å². The number of hydrogen-bond acceptors (Lipinski definition) is 1. The molecule has 0 atom stereocenters. The topological polar surface area (TPSA) is 37.3 Å². The second kappa shape index (κ2) is 5.46. The summed E-state index contributed by atoms with van der Waals surface area (Å²) in [5.41, 5.74) is 0.664. The van der Waals surface area contributed by atoms with E-state index in [0.29, 0.717) is 10.0 Å². The number of allylic oxidation sites excluding steroid dienone is 2. The minimum absolute atomic E-state index is 0.341. The molecule has 1 N–H and O–H groups in total. The van der Waals surface area contributed by atoms with Crippen molar-refractivity contribution in [2.45, 2.75) is 0 Å². The first-order valence-electron chi connectivity index (χ1n) is 4.12. The van der Waals surface area contributed by atoms with Gasteiger partial charge < -0.3 is 5.11 Å². The molecule has 0 saturated heterocycles. The third kappa shape index (κ3) is 4.56. The largest absolute Gasteiger partial charge is 0.478 e. The molecule has 0 aliphatic carbocycles. The lowest BCUT2D eigenvalue weighted by molar-refractivity contribution is -0.131. The highest BCUT2D eigenvalue weighted by molar-refractivity contribution is 9.10. The van der Waals surface area contributed by atoms with Crippen LogP contribution in [0.1, 0.15) is 5.56 Å². The molecule has 0 spiro atoms. The number of rotatable bonds is 3. The van der Waals surface area contributed by atoms with Gasteiger partial charge in [-0.25, -0.2) is 9.18 Å². The van der Waals surface area contributed by atoms with Gasteiger partial charge in [-0.2, -0.15) is 0 Å². The Morgan fingerprint density at radius 1 is 1.33 bits per heavy atom. The molecule has 1 aromatic carbocycles. The van der Waals surface area contributed by atoms with E-state index in [9.17, 15) is 9.18 Å². The van der Waals surface area contributed by atoms with Crippen molar-refractivity contribution in [1.29, 1.82) is 0 Å². The minimum atomic E-state index is -1.01. The zero-order chi connectivity index (χ0) is 11.3. The molecule has 0 heterocycles. The highest BCUT2D eigenvalue weighted by atomic mass is 79.9. The van der Waals surface area contributed by atoms with Crippen LogP contribution in [-0.2, 0) is 4.79 Å². The maximum atomic E-state index is 12.9. The van der Waals surface area contributed by atoms with E-state index in [0.717, 1.165) is 6.08 Å². The predicted octanol–water partition coefficient (Wildman–Crippen LogP) is 3.24. The van der Waals surface area contributed by atoms with Crippen molar-refractivity contribution in [1.82, 2.24) is 0 Å². The summed E-state index contributed by atoms with van der Waals surface area (Å²) in [5, 5.41) is 8.31. The molecule has 0 aliphatic rings. The molecular formula is C11H8BrFO2. The lowest BCUT2D eigenvalue weighted by atomic mass is 10.2. The van der Waals surface area contributed by atoms with Gasteiger partial charge in [-0.15, -0.1) is 0 Å². The average molecular weight is 271 g/mol. The van der Waals surface area contributed by atoms with Crippen molar-refractivity contribution < 1.29 is 14.3 Å². The molecular weight excluding hydrogens is 263 g/mol. The molecule has 0 aliphatic heterocycles. The van der Waals surface area contributed by atoms with Gasteiger partial charge >= 0.3 is 5.97 Å². The summed E-state index contributed by atoms with van der Waals surface area (Å²) in [6, 6.07) is 4.44. The van der Waals surface area contributed by atoms with Gasteiger partial charge in [0.25, 0.3) is 0 Å². The van der Waals surface area contributed by atoms with Crippen molar-refractivity contribution in [2.75, 3.05) is 0 Å². The Morgan fingerprint density at radius 3 is 2.67 bits per heavy atom. The Labute approximate surface area is 94.9 Å². The smallest absolute Gasteiger partial charge is 0.328 e. The molecule has 15 heavy (non-hydrogen) atoms. The number of carboxylic acid groups (broad SMARTS) is 1. The van der Waals surface area contributed by atoms with Gasteiger partial charge in [0.2, 0.25) is 0 Å². The minimum Gasteiger partial charge on any atom is -0.478 e. The fraction of sp³-hybridized carbons (Fsp3) is 0. The van der Waals surface area contributed by atoms with Crippen LogP contribution in [-0.4, -0.2) is 11.1 Å². The van der Waals surface area contributed by atoms with E-state index in [1.54, 1.807) is 12.1 Å². The van der Waals surface area contributed by atoms with E-state index in [-0.39, 0.29) is 5.82 Å². The number of benzene rings is 1. The summed E-state index contributed by atoms with van der Waals surface area (Å²) in [7, 11) is 0.